The molecule has 128 valence electrons. The van der Waals surface area contributed by atoms with Gasteiger partial charge >= 0.3 is 0 Å². The van der Waals surface area contributed by atoms with Gasteiger partial charge in [0, 0.05) is 12.1 Å². The Kier molecular flexibility index (Phi) is 5.46. The van der Waals surface area contributed by atoms with E-state index in [1.807, 2.05) is 42.5 Å². The van der Waals surface area contributed by atoms with Gasteiger partial charge in [0.1, 0.15) is 5.75 Å². The largest absolute Gasteiger partial charge is 0.497 e. The van der Waals surface area contributed by atoms with Crippen LogP contribution in [0.2, 0.25) is 0 Å². The molecule has 1 aliphatic carbocycles. The van der Waals surface area contributed by atoms with Crippen molar-refractivity contribution in [3.05, 3.63) is 70.8 Å². The van der Waals surface area contributed by atoms with Gasteiger partial charge in [-0.15, -0.1) is 0 Å². The molecule has 0 spiro atoms. The van der Waals surface area contributed by atoms with Crippen molar-refractivity contribution in [2.45, 2.75) is 13.0 Å². The highest BCUT2D eigenvalue weighted by Crippen LogP contribution is 2.20. The van der Waals surface area contributed by atoms with Crippen molar-refractivity contribution in [3.8, 4) is 5.75 Å². The number of carbonyl (C=O) groups is 1. The zero-order valence-corrected chi connectivity index (χ0v) is 14.9. The lowest BCUT2D eigenvalue weighted by molar-refractivity contribution is 0.0996. The van der Waals surface area contributed by atoms with Crippen molar-refractivity contribution >= 4 is 29.2 Å². The smallest absolute Gasteiger partial charge is 0.181 e. The minimum atomic E-state index is 0.0247. The van der Waals surface area contributed by atoms with Gasteiger partial charge in [0.2, 0.25) is 0 Å². The average Bonchev–Trinajstić information content (AvgIpc) is 3.12. The van der Waals surface area contributed by atoms with Crippen LogP contribution in [0.15, 0.2) is 48.5 Å². The third-order valence-corrected chi connectivity index (χ3v) is 4.41. The minimum absolute atomic E-state index is 0.0247. The minimum Gasteiger partial charge on any atom is -0.497 e. The van der Waals surface area contributed by atoms with E-state index in [-0.39, 0.29) is 12.3 Å². The summed E-state index contributed by atoms with van der Waals surface area (Å²) in [6, 6.07) is 13.6. The summed E-state index contributed by atoms with van der Waals surface area (Å²) in [4.78, 5) is 12.3. The fraction of sp³-hybridized carbons (Fsp3) is 0.200. The first kappa shape index (κ1) is 17.2. The molecule has 0 heterocycles. The monoisotopic (exact) mass is 352 g/mol. The first-order valence-corrected chi connectivity index (χ1v) is 8.54. The topological polar surface area (TPSA) is 50.4 Å². The first-order valence-electron chi connectivity index (χ1n) is 8.13. The predicted molar refractivity (Wildman–Crippen MR) is 104 cm³/mol. The molecule has 3 rings (SSSR count). The molecule has 0 fully saturated rings. The molecule has 0 saturated heterocycles. The van der Waals surface area contributed by atoms with Gasteiger partial charge in [0.15, 0.2) is 10.9 Å². The van der Waals surface area contributed by atoms with Gasteiger partial charge in [-0.1, -0.05) is 36.4 Å². The Hall–Kier alpha value is -2.66. The van der Waals surface area contributed by atoms with Crippen LogP contribution in [-0.2, 0) is 13.0 Å². The number of carbonyl (C=O) groups excluding carboxylic acids is 1. The standard InChI is InChI=1S/C20H20N2O2S/c1-24-18-9-5-14(6-10-18)12-21-20(25)22-13-19(23)17-8-7-15-3-2-4-16(15)11-17/h2,4-11H,3,12-13H2,1H3,(H2,21,22,25). The van der Waals surface area contributed by atoms with E-state index in [4.69, 9.17) is 17.0 Å². The maximum atomic E-state index is 12.3. The van der Waals surface area contributed by atoms with Crippen molar-refractivity contribution in [2.75, 3.05) is 13.7 Å². The Morgan fingerprint density at radius 1 is 1.16 bits per heavy atom. The fourth-order valence-electron chi connectivity index (χ4n) is 2.67. The van der Waals surface area contributed by atoms with Gasteiger partial charge in [-0.2, -0.15) is 0 Å². The molecule has 1 aliphatic rings. The molecule has 5 heteroatoms. The van der Waals surface area contributed by atoms with Gasteiger partial charge in [-0.25, -0.2) is 0 Å². The van der Waals surface area contributed by atoms with Crippen LogP contribution in [0, 0.1) is 0 Å². The second kappa shape index (κ2) is 7.94. The highest BCUT2D eigenvalue weighted by molar-refractivity contribution is 7.80. The SMILES string of the molecule is COc1ccc(CNC(=S)NCC(=O)c2ccc3c(c2)C=CC3)cc1. The zero-order chi connectivity index (χ0) is 17.6. The van der Waals surface area contributed by atoms with Crippen molar-refractivity contribution in [2.24, 2.45) is 0 Å². The van der Waals surface area contributed by atoms with Crippen LogP contribution in [0.1, 0.15) is 27.0 Å². The van der Waals surface area contributed by atoms with Crippen LogP contribution < -0.4 is 15.4 Å². The van der Waals surface area contributed by atoms with Crippen LogP contribution in [0.4, 0.5) is 0 Å². The number of hydrogen-bond donors (Lipinski definition) is 2. The summed E-state index contributed by atoms with van der Waals surface area (Å²) >= 11 is 5.24. The zero-order valence-electron chi connectivity index (χ0n) is 14.0. The number of hydrogen-bond acceptors (Lipinski definition) is 3. The summed E-state index contributed by atoms with van der Waals surface area (Å²) in [6.45, 7) is 0.768. The second-order valence-corrected chi connectivity index (χ2v) is 6.24. The van der Waals surface area contributed by atoms with Crippen molar-refractivity contribution in [1.82, 2.24) is 10.6 Å². The Morgan fingerprint density at radius 3 is 2.72 bits per heavy atom. The Bertz CT molecular complexity index is 813. The summed E-state index contributed by atoms with van der Waals surface area (Å²) in [5, 5.41) is 6.53. The molecule has 2 aromatic rings. The number of rotatable bonds is 6. The number of methoxy groups -OCH3 is 1. The molecule has 0 saturated carbocycles. The average molecular weight is 352 g/mol. The maximum Gasteiger partial charge on any atom is 0.181 e. The number of ether oxygens (including phenoxy) is 1. The van der Waals surface area contributed by atoms with Crippen LogP contribution in [-0.4, -0.2) is 24.6 Å². The van der Waals surface area contributed by atoms with Crippen molar-refractivity contribution in [3.63, 3.8) is 0 Å². The molecule has 0 amide bonds. The highest BCUT2D eigenvalue weighted by Gasteiger charge is 2.11. The summed E-state index contributed by atoms with van der Waals surface area (Å²) in [7, 11) is 1.64. The number of nitrogens with one attached hydrogen (secondary N) is 2. The molecule has 0 radical (unpaired) electrons. The predicted octanol–water partition coefficient (Wildman–Crippen LogP) is 3.11. The van der Waals surface area contributed by atoms with E-state index in [9.17, 15) is 4.79 Å². The van der Waals surface area contributed by atoms with Crippen LogP contribution >= 0.6 is 12.2 Å². The fourth-order valence-corrected chi connectivity index (χ4v) is 2.82. The van der Waals surface area contributed by atoms with Gasteiger partial charge in [0.05, 0.1) is 13.7 Å². The molecule has 2 N–H and O–H groups in total. The second-order valence-electron chi connectivity index (χ2n) is 5.83. The molecule has 0 aromatic heterocycles. The molecule has 0 aliphatic heterocycles. The number of Topliss-reactive ketones (excluding diaryl/α,β-unsaturated/α-hetero) is 1. The molecule has 2 aromatic carbocycles. The number of fused-ring (bicyclic) bond motifs is 1. The molecule has 0 unspecified atom stereocenters. The van der Waals surface area contributed by atoms with Gasteiger partial charge in [0.25, 0.3) is 0 Å². The van der Waals surface area contributed by atoms with Crippen LogP contribution in [0.25, 0.3) is 6.08 Å². The Labute approximate surface area is 152 Å². The quantitative estimate of drug-likeness (QED) is 0.618. The molecule has 4 nitrogen and oxygen atoms in total. The van der Waals surface area contributed by atoms with E-state index in [1.54, 1.807) is 7.11 Å². The van der Waals surface area contributed by atoms with E-state index in [1.165, 1.54) is 5.56 Å². The third-order valence-electron chi connectivity index (χ3n) is 4.12. The van der Waals surface area contributed by atoms with Gasteiger partial charge in [-0.3, -0.25) is 4.79 Å². The Morgan fingerprint density at radius 2 is 1.96 bits per heavy atom. The number of allylic oxidation sites excluding steroid dienone is 1. The van der Waals surface area contributed by atoms with E-state index in [0.29, 0.717) is 17.2 Å². The summed E-state index contributed by atoms with van der Waals surface area (Å²) in [6.07, 6.45) is 5.11. The van der Waals surface area contributed by atoms with Crippen LogP contribution in [0.3, 0.4) is 0 Å². The van der Waals surface area contributed by atoms with Gasteiger partial charge < -0.3 is 15.4 Å². The lowest BCUT2D eigenvalue weighted by Crippen LogP contribution is -2.37. The summed E-state index contributed by atoms with van der Waals surface area (Å²) in [5.41, 5.74) is 4.18. The van der Waals surface area contributed by atoms with Crippen molar-refractivity contribution < 1.29 is 9.53 Å². The summed E-state index contributed by atoms with van der Waals surface area (Å²) in [5.74, 6) is 0.843. The lowest BCUT2D eigenvalue weighted by Gasteiger charge is -2.11. The molecule has 0 atom stereocenters. The van der Waals surface area contributed by atoms with E-state index < -0.39 is 0 Å². The Balaban J connectivity index is 1.46. The summed E-state index contributed by atoms with van der Waals surface area (Å²) < 4.78 is 5.13. The maximum absolute atomic E-state index is 12.3. The molecule has 0 bridgehead atoms. The van der Waals surface area contributed by atoms with E-state index >= 15 is 0 Å². The molecular formula is C20H20N2O2S. The molecule has 25 heavy (non-hydrogen) atoms. The highest BCUT2D eigenvalue weighted by atomic mass is 32.1. The van der Waals surface area contributed by atoms with E-state index in [0.717, 1.165) is 23.3 Å². The third kappa shape index (κ3) is 4.45. The number of benzene rings is 2. The van der Waals surface area contributed by atoms with Crippen molar-refractivity contribution in [1.29, 1.82) is 0 Å². The molecular weight excluding hydrogens is 332 g/mol. The lowest BCUT2D eigenvalue weighted by atomic mass is 10.0. The van der Waals surface area contributed by atoms with Gasteiger partial charge in [-0.05, 0) is 53.5 Å². The van der Waals surface area contributed by atoms with E-state index in [2.05, 4.69) is 22.8 Å². The van der Waals surface area contributed by atoms with Crippen LogP contribution in [0.5, 0.6) is 5.75 Å². The first-order chi connectivity index (χ1) is 12.2. The normalized spacial score (nSPS) is 11.7. The number of ketones is 1. The number of thiocarbonyl (C=S) groups is 1.